The number of hydrogen-bond donors (Lipinski definition) is 1. The smallest absolute Gasteiger partial charge is 0.308 e. The number of anilines is 1. The van der Waals surface area contributed by atoms with Gasteiger partial charge < -0.3 is 10.1 Å². The van der Waals surface area contributed by atoms with Crippen LogP contribution in [0, 0.1) is 11.8 Å². The number of esters is 1. The predicted octanol–water partition coefficient (Wildman–Crippen LogP) is 2.32. The van der Waals surface area contributed by atoms with Crippen LogP contribution in [0.4, 0.5) is 5.69 Å². The maximum absolute atomic E-state index is 12.4. The van der Waals surface area contributed by atoms with Crippen LogP contribution in [-0.2, 0) is 23.9 Å². The van der Waals surface area contributed by atoms with Gasteiger partial charge in [-0.1, -0.05) is 12.8 Å². The number of carbonyl (C=O) groups excluding carboxylic acids is 5. The molecule has 8 nitrogen and oxygen atoms in total. The number of carbonyl (C=O) groups is 5. The first-order chi connectivity index (χ1) is 14.3. The van der Waals surface area contributed by atoms with Crippen molar-refractivity contribution in [3.8, 4) is 0 Å². The van der Waals surface area contributed by atoms with Gasteiger partial charge in [-0.15, -0.1) is 0 Å². The van der Waals surface area contributed by atoms with E-state index in [1.807, 2.05) is 0 Å². The summed E-state index contributed by atoms with van der Waals surface area (Å²) >= 11 is 0. The number of benzene rings is 1. The molecule has 1 saturated heterocycles. The van der Waals surface area contributed by atoms with E-state index in [-0.39, 0.29) is 42.4 Å². The van der Waals surface area contributed by atoms with E-state index in [1.54, 1.807) is 24.3 Å². The standard InChI is InChI=1S/C22H26N2O6/c1-13(25)15-7-9-16(10-8-15)23-20(27)14(2)30-19(26)11-12-24-21(28)17-5-3-4-6-18(17)22(24)29/h7-10,14,17-18H,3-6,11-12H2,1-2H3,(H,23,27)/t14-,17-,18+/m1/s1. The third-order valence-corrected chi connectivity index (χ3v) is 5.71. The van der Waals surface area contributed by atoms with Crippen LogP contribution in [0.15, 0.2) is 24.3 Å². The van der Waals surface area contributed by atoms with E-state index in [4.69, 9.17) is 4.74 Å². The largest absolute Gasteiger partial charge is 0.452 e. The summed E-state index contributed by atoms with van der Waals surface area (Å²) in [5.74, 6) is -2.14. The highest BCUT2D eigenvalue weighted by Gasteiger charge is 2.47. The van der Waals surface area contributed by atoms with Crippen LogP contribution in [0.1, 0.15) is 56.3 Å². The molecular formula is C22H26N2O6. The number of rotatable bonds is 7. The quantitative estimate of drug-likeness (QED) is 0.417. The van der Waals surface area contributed by atoms with Crippen LogP contribution in [0.5, 0.6) is 0 Å². The molecular weight excluding hydrogens is 388 g/mol. The first kappa shape index (κ1) is 21.7. The molecule has 30 heavy (non-hydrogen) atoms. The summed E-state index contributed by atoms with van der Waals surface area (Å²) in [6, 6.07) is 6.37. The van der Waals surface area contributed by atoms with Gasteiger partial charge in [-0.2, -0.15) is 0 Å². The van der Waals surface area contributed by atoms with E-state index in [1.165, 1.54) is 18.7 Å². The van der Waals surface area contributed by atoms with Crippen molar-refractivity contribution in [3.05, 3.63) is 29.8 Å². The Kier molecular flexibility index (Phi) is 6.64. The summed E-state index contributed by atoms with van der Waals surface area (Å²) in [4.78, 5) is 61.7. The molecule has 0 aromatic heterocycles. The van der Waals surface area contributed by atoms with Crippen LogP contribution in [0.2, 0.25) is 0 Å². The molecule has 160 valence electrons. The highest BCUT2D eigenvalue weighted by atomic mass is 16.5. The lowest BCUT2D eigenvalue weighted by atomic mass is 9.81. The van der Waals surface area contributed by atoms with Gasteiger partial charge in [0.05, 0.1) is 18.3 Å². The van der Waals surface area contributed by atoms with E-state index < -0.39 is 18.0 Å². The van der Waals surface area contributed by atoms with Crippen molar-refractivity contribution in [3.63, 3.8) is 0 Å². The Bertz CT molecular complexity index is 839. The molecule has 1 aromatic rings. The van der Waals surface area contributed by atoms with Crippen molar-refractivity contribution in [2.24, 2.45) is 11.8 Å². The van der Waals surface area contributed by atoms with Crippen molar-refractivity contribution in [2.75, 3.05) is 11.9 Å². The molecule has 3 rings (SSSR count). The zero-order valence-electron chi connectivity index (χ0n) is 17.2. The topological polar surface area (TPSA) is 110 Å². The summed E-state index contributed by atoms with van der Waals surface area (Å²) in [6.07, 6.45) is 2.14. The molecule has 1 aliphatic heterocycles. The Balaban J connectivity index is 1.47. The maximum atomic E-state index is 12.4. The Morgan fingerprint density at radius 1 is 1.07 bits per heavy atom. The summed E-state index contributed by atoms with van der Waals surface area (Å²) in [6.45, 7) is 2.87. The highest BCUT2D eigenvalue weighted by Crippen LogP contribution is 2.37. The molecule has 1 heterocycles. The number of fused-ring (bicyclic) bond motifs is 1. The molecule has 0 radical (unpaired) electrons. The number of ether oxygens (including phenoxy) is 1. The number of likely N-dealkylation sites (tertiary alicyclic amines) is 1. The zero-order chi connectivity index (χ0) is 21.8. The molecule has 3 amide bonds. The lowest BCUT2D eigenvalue weighted by molar-refractivity contribution is -0.154. The molecule has 1 N–H and O–H groups in total. The number of imide groups is 1. The average Bonchev–Trinajstić information content (AvgIpc) is 2.97. The third-order valence-electron chi connectivity index (χ3n) is 5.71. The van der Waals surface area contributed by atoms with Gasteiger partial charge in [0.1, 0.15) is 0 Å². The van der Waals surface area contributed by atoms with Crippen LogP contribution in [-0.4, -0.2) is 47.0 Å². The van der Waals surface area contributed by atoms with Gasteiger partial charge in [0.2, 0.25) is 11.8 Å². The van der Waals surface area contributed by atoms with E-state index >= 15 is 0 Å². The monoisotopic (exact) mass is 414 g/mol. The summed E-state index contributed by atoms with van der Waals surface area (Å²) in [5.41, 5.74) is 1.00. The van der Waals surface area contributed by atoms with Gasteiger partial charge in [-0.05, 0) is 51.0 Å². The van der Waals surface area contributed by atoms with Gasteiger partial charge in [0.25, 0.3) is 5.91 Å². The van der Waals surface area contributed by atoms with Gasteiger partial charge in [0, 0.05) is 17.8 Å². The van der Waals surface area contributed by atoms with Gasteiger partial charge in [0.15, 0.2) is 11.9 Å². The molecule has 1 aliphatic carbocycles. The summed E-state index contributed by atoms with van der Waals surface area (Å²) < 4.78 is 5.14. The summed E-state index contributed by atoms with van der Waals surface area (Å²) in [7, 11) is 0. The molecule has 0 bridgehead atoms. The van der Waals surface area contributed by atoms with Gasteiger partial charge in [-0.25, -0.2) is 0 Å². The van der Waals surface area contributed by atoms with Crippen molar-refractivity contribution >= 4 is 35.2 Å². The predicted molar refractivity (Wildman–Crippen MR) is 107 cm³/mol. The molecule has 3 atom stereocenters. The number of Topliss-reactive ketones (excluding diaryl/α,β-unsaturated/α-hetero) is 1. The third kappa shape index (κ3) is 4.75. The van der Waals surface area contributed by atoms with Crippen molar-refractivity contribution < 1.29 is 28.7 Å². The van der Waals surface area contributed by atoms with Gasteiger partial charge >= 0.3 is 5.97 Å². The second-order valence-corrected chi connectivity index (χ2v) is 7.83. The fraction of sp³-hybridized carbons (Fsp3) is 0.500. The fourth-order valence-corrected chi connectivity index (χ4v) is 4.00. The zero-order valence-corrected chi connectivity index (χ0v) is 17.2. The highest BCUT2D eigenvalue weighted by molar-refractivity contribution is 6.05. The van der Waals surface area contributed by atoms with Crippen molar-refractivity contribution in [2.45, 2.75) is 52.1 Å². The Hall–Kier alpha value is -3.03. The van der Waals surface area contributed by atoms with Crippen LogP contribution < -0.4 is 5.32 Å². The second-order valence-electron chi connectivity index (χ2n) is 7.83. The SMILES string of the molecule is CC(=O)c1ccc(NC(=O)[C@@H](C)OC(=O)CCN2C(=O)[C@H]3CCCC[C@H]3C2=O)cc1. The van der Waals surface area contributed by atoms with Crippen molar-refractivity contribution in [1.82, 2.24) is 4.90 Å². The first-order valence-corrected chi connectivity index (χ1v) is 10.2. The van der Waals surface area contributed by atoms with E-state index in [9.17, 15) is 24.0 Å². The number of amides is 3. The minimum Gasteiger partial charge on any atom is -0.452 e. The van der Waals surface area contributed by atoms with Crippen LogP contribution >= 0.6 is 0 Å². The average molecular weight is 414 g/mol. The molecule has 8 heteroatoms. The van der Waals surface area contributed by atoms with Gasteiger partial charge in [-0.3, -0.25) is 28.9 Å². The second kappa shape index (κ2) is 9.19. The molecule has 2 fully saturated rings. The number of nitrogens with one attached hydrogen (secondary N) is 1. The van der Waals surface area contributed by atoms with Crippen molar-refractivity contribution in [1.29, 1.82) is 0 Å². The minimum absolute atomic E-state index is 0.0235. The molecule has 2 aliphatic rings. The molecule has 1 aromatic carbocycles. The normalized spacial score (nSPS) is 21.7. The Morgan fingerprint density at radius 2 is 1.63 bits per heavy atom. The van der Waals surface area contributed by atoms with E-state index in [0.29, 0.717) is 11.3 Å². The molecule has 1 saturated carbocycles. The molecule has 0 unspecified atom stereocenters. The van der Waals surface area contributed by atoms with Crippen LogP contribution in [0.3, 0.4) is 0 Å². The molecule has 0 spiro atoms. The lowest BCUT2D eigenvalue weighted by Crippen LogP contribution is -2.35. The number of hydrogen-bond acceptors (Lipinski definition) is 6. The lowest BCUT2D eigenvalue weighted by Gasteiger charge is -2.19. The number of nitrogens with zero attached hydrogens (tertiary/aromatic N) is 1. The minimum atomic E-state index is -1.04. The van der Waals surface area contributed by atoms with Crippen LogP contribution in [0.25, 0.3) is 0 Å². The number of ketones is 1. The van der Waals surface area contributed by atoms with E-state index in [2.05, 4.69) is 5.32 Å². The maximum Gasteiger partial charge on any atom is 0.308 e. The fourth-order valence-electron chi connectivity index (χ4n) is 4.00. The summed E-state index contributed by atoms with van der Waals surface area (Å²) in [5, 5.41) is 2.61. The first-order valence-electron chi connectivity index (χ1n) is 10.2. The van der Waals surface area contributed by atoms with E-state index in [0.717, 1.165) is 25.7 Å². The Labute approximate surface area is 174 Å². The Morgan fingerprint density at radius 3 is 2.17 bits per heavy atom.